The number of amides is 1. The summed E-state index contributed by atoms with van der Waals surface area (Å²) in [6, 6.07) is 14.3. The van der Waals surface area contributed by atoms with Crippen LogP contribution in [0, 0.1) is 0 Å². The van der Waals surface area contributed by atoms with Gasteiger partial charge < -0.3 is 19.3 Å². The maximum atomic E-state index is 12.9. The lowest BCUT2D eigenvalue weighted by atomic mass is 10.0. The first-order valence-electron chi connectivity index (χ1n) is 9.95. The Morgan fingerprint density at radius 1 is 1.00 bits per heavy atom. The van der Waals surface area contributed by atoms with Crippen molar-refractivity contribution in [2.75, 3.05) is 40.4 Å². The Bertz CT molecular complexity index is 794. The van der Waals surface area contributed by atoms with E-state index in [0.29, 0.717) is 23.0 Å². The lowest BCUT2D eigenvalue weighted by Crippen LogP contribution is -3.13. The highest BCUT2D eigenvalue weighted by Crippen LogP contribution is 2.28. The molecule has 0 spiro atoms. The molecule has 3 rings (SSSR count). The molecule has 28 heavy (non-hydrogen) atoms. The minimum atomic E-state index is 0.0567. The predicted molar refractivity (Wildman–Crippen MR) is 110 cm³/mol. The molecule has 1 amide bonds. The quantitative estimate of drug-likeness (QED) is 0.833. The molecule has 5 nitrogen and oxygen atoms in total. The van der Waals surface area contributed by atoms with Crippen molar-refractivity contribution in [3.05, 3.63) is 59.2 Å². The van der Waals surface area contributed by atoms with Crippen LogP contribution in [0.2, 0.25) is 0 Å². The lowest BCUT2D eigenvalue weighted by molar-refractivity contribution is -0.917. The topological polar surface area (TPSA) is 43.2 Å². The first-order valence-corrected chi connectivity index (χ1v) is 9.95. The Hall–Kier alpha value is -2.53. The van der Waals surface area contributed by atoms with Crippen LogP contribution in [0.25, 0.3) is 0 Å². The van der Waals surface area contributed by atoms with Gasteiger partial charge in [0.1, 0.15) is 6.54 Å². The monoisotopic (exact) mass is 383 g/mol. The van der Waals surface area contributed by atoms with Crippen LogP contribution in [-0.4, -0.2) is 51.2 Å². The summed E-state index contributed by atoms with van der Waals surface area (Å²) >= 11 is 0. The van der Waals surface area contributed by atoms with E-state index in [1.54, 1.807) is 32.4 Å². The van der Waals surface area contributed by atoms with E-state index in [1.165, 1.54) is 16.0 Å². The van der Waals surface area contributed by atoms with E-state index in [0.717, 1.165) is 32.7 Å². The molecule has 0 aliphatic carbocycles. The molecule has 1 aliphatic rings. The number of rotatable bonds is 6. The van der Waals surface area contributed by atoms with Gasteiger partial charge in [0.15, 0.2) is 11.5 Å². The number of carbonyl (C=O) groups is 1. The molecule has 1 saturated heterocycles. The van der Waals surface area contributed by atoms with E-state index in [9.17, 15) is 4.79 Å². The van der Waals surface area contributed by atoms with Crippen molar-refractivity contribution in [3.63, 3.8) is 0 Å². The zero-order chi connectivity index (χ0) is 20.1. The van der Waals surface area contributed by atoms with Gasteiger partial charge in [0.2, 0.25) is 0 Å². The molecule has 1 heterocycles. The zero-order valence-electron chi connectivity index (χ0n) is 17.3. The van der Waals surface area contributed by atoms with Crippen molar-refractivity contribution in [2.45, 2.75) is 26.3 Å². The summed E-state index contributed by atoms with van der Waals surface area (Å²) in [6.07, 6.45) is 0. The van der Waals surface area contributed by atoms with Gasteiger partial charge in [0.05, 0.1) is 40.4 Å². The fraction of sp³-hybridized carbons (Fsp3) is 0.435. The lowest BCUT2D eigenvalue weighted by Gasteiger charge is -2.32. The second-order valence-electron chi connectivity index (χ2n) is 7.69. The third-order valence-electron chi connectivity index (χ3n) is 5.49. The molecule has 2 aromatic rings. The Balaban J connectivity index is 1.56. The van der Waals surface area contributed by atoms with Gasteiger partial charge in [-0.2, -0.15) is 0 Å². The number of hydrogen-bond acceptors (Lipinski definition) is 3. The molecular formula is C23H31N2O3+. The summed E-state index contributed by atoms with van der Waals surface area (Å²) in [5, 5.41) is 0. The van der Waals surface area contributed by atoms with Crippen molar-refractivity contribution in [2.24, 2.45) is 0 Å². The second kappa shape index (κ2) is 9.11. The minimum Gasteiger partial charge on any atom is -0.493 e. The van der Waals surface area contributed by atoms with E-state index >= 15 is 0 Å². The molecule has 0 radical (unpaired) electrons. The number of quaternary nitrogens is 1. The highest BCUT2D eigenvalue weighted by Gasteiger charge is 2.25. The van der Waals surface area contributed by atoms with Gasteiger partial charge >= 0.3 is 0 Å². The summed E-state index contributed by atoms with van der Waals surface area (Å²) in [7, 11) is 3.18. The number of hydrogen-bond donors (Lipinski definition) is 1. The van der Waals surface area contributed by atoms with E-state index in [2.05, 4.69) is 38.1 Å². The highest BCUT2D eigenvalue weighted by molar-refractivity contribution is 5.95. The summed E-state index contributed by atoms with van der Waals surface area (Å²) in [6.45, 7) is 8.91. The molecule has 1 N–H and O–H groups in total. The van der Waals surface area contributed by atoms with E-state index < -0.39 is 0 Å². The van der Waals surface area contributed by atoms with Gasteiger partial charge in [-0.3, -0.25) is 4.79 Å². The van der Waals surface area contributed by atoms with Gasteiger partial charge in [-0.05, 0) is 29.7 Å². The van der Waals surface area contributed by atoms with Gasteiger partial charge in [0, 0.05) is 11.1 Å². The molecule has 2 aromatic carbocycles. The largest absolute Gasteiger partial charge is 0.493 e. The molecule has 150 valence electrons. The number of nitrogens with one attached hydrogen (secondary N) is 1. The standard InChI is InChI=1S/C23H30N2O3/c1-17(2)19-7-5-18(6-8-19)16-24-11-13-25(14-12-24)23(26)20-9-10-21(27-3)22(15-20)28-4/h5-10,15,17H,11-14,16H2,1-4H3/p+1. The number of benzene rings is 2. The summed E-state index contributed by atoms with van der Waals surface area (Å²) in [5.74, 6) is 1.84. The SMILES string of the molecule is COc1ccc(C(=O)N2CC[NH+](Cc3ccc(C(C)C)cc3)CC2)cc1OC. The molecule has 0 atom stereocenters. The summed E-state index contributed by atoms with van der Waals surface area (Å²) in [4.78, 5) is 16.3. The van der Waals surface area contributed by atoms with E-state index in [4.69, 9.17) is 9.47 Å². The highest BCUT2D eigenvalue weighted by atomic mass is 16.5. The van der Waals surface area contributed by atoms with Crippen LogP contribution in [0.1, 0.15) is 41.3 Å². The predicted octanol–water partition coefficient (Wildman–Crippen LogP) is 2.37. The van der Waals surface area contributed by atoms with Crippen LogP contribution in [0.15, 0.2) is 42.5 Å². The van der Waals surface area contributed by atoms with Crippen molar-refractivity contribution >= 4 is 5.91 Å². The summed E-state index contributed by atoms with van der Waals surface area (Å²) in [5.41, 5.74) is 3.38. The Morgan fingerprint density at radius 2 is 1.64 bits per heavy atom. The first-order chi connectivity index (χ1) is 13.5. The molecule has 0 unspecified atom stereocenters. The first kappa shape index (κ1) is 20.2. The minimum absolute atomic E-state index is 0.0567. The van der Waals surface area contributed by atoms with Crippen molar-refractivity contribution in [1.29, 1.82) is 0 Å². The molecule has 0 aromatic heterocycles. The Morgan fingerprint density at radius 3 is 2.21 bits per heavy atom. The maximum Gasteiger partial charge on any atom is 0.254 e. The molecule has 0 saturated carbocycles. The van der Waals surface area contributed by atoms with Crippen LogP contribution < -0.4 is 14.4 Å². The smallest absolute Gasteiger partial charge is 0.254 e. The number of piperazine rings is 1. The third kappa shape index (κ3) is 4.65. The van der Waals surface area contributed by atoms with E-state index in [1.807, 2.05) is 4.90 Å². The number of ether oxygens (including phenoxy) is 2. The normalized spacial score (nSPS) is 15.0. The van der Waals surface area contributed by atoms with Crippen LogP contribution in [0.4, 0.5) is 0 Å². The Kier molecular flexibility index (Phi) is 6.57. The van der Waals surface area contributed by atoms with Crippen LogP contribution in [-0.2, 0) is 6.54 Å². The van der Waals surface area contributed by atoms with Crippen LogP contribution in [0.3, 0.4) is 0 Å². The van der Waals surface area contributed by atoms with Gasteiger partial charge in [-0.15, -0.1) is 0 Å². The van der Waals surface area contributed by atoms with Crippen molar-refractivity contribution < 1.29 is 19.2 Å². The fourth-order valence-electron chi connectivity index (χ4n) is 3.66. The molecule has 1 fully saturated rings. The number of methoxy groups -OCH3 is 2. The average Bonchev–Trinajstić information content (AvgIpc) is 2.73. The number of nitrogens with zero attached hydrogens (tertiary/aromatic N) is 1. The second-order valence-corrected chi connectivity index (χ2v) is 7.69. The summed E-state index contributed by atoms with van der Waals surface area (Å²) < 4.78 is 10.6. The Labute approximate surface area is 167 Å². The zero-order valence-corrected chi connectivity index (χ0v) is 17.3. The van der Waals surface area contributed by atoms with Gasteiger partial charge in [-0.25, -0.2) is 0 Å². The molecular weight excluding hydrogens is 352 g/mol. The molecule has 0 bridgehead atoms. The van der Waals surface area contributed by atoms with Gasteiger partial charge in [-0.1, -0.05) is 38.1 Å². The molecule has 1 aliphatic heterocycles. The van der Waals surface area contributed by atoms with E-state index in [-0.39, 0.29) is 5.91 Å². The van der Waals surface area contributed by atoms with Gasteiger partial charge in [0.25, 0.3) is 5.91 Å². The average molecular weight is 384 g/mol. The van der Waals surface area contributed by atoms with Crippen LogP contribution >= 0.6 is 0 Å². The third-order valence-corrected chi connectivity index (χ3v) is 5.49. The fourth-order valence-corrected chi connectivity index (χ4v) is 3.66. The molecule has 5 heteroatoms. The van der Waals surface area contributed by atoms with Crippen molar-refractivity contribution in [1.82, 2.24) is 4.90 Å². The van der Waals surface area contributed by atoms with Crippen molar-refractivity contribution in [3.8, 4) is 11.5 Å². The number of carbonyl (C=O) groups excluding carboxylic acids is 1. The maximum absolute atomic E-state index is 12.9. The van der Waals surface area contributed by atoms with Crippen LogP contribution in [0.5, 0.6) is 11.5 Å².